The summed E-state index contributed by atoms with van der Waals surface area (Å²) in [4.78, 5) is 11.3. The Kier molecular flexibility index (Phi) is 4.21. The van der Waals surface area contributed by atoms with Gasteiger partial charge >= 0.3 is 18.3 Å². The molecule has 3 nitrogen and oxygen atoms in total. The highest BCUT2D eigenvalue weighted by Gasteiger charge is 2.42. The molecule has 0 heterocycles. The second-order valence-electron chi connectivity index (χ2n) is 3.63. The Morgan fingerprint density at radius 3 is 2.10 bits per heavy atom. The van der Waals surface area contributed by atoms with Gasteiger partial charge in [0.1, 0.15) is 11.3 Å². The number of alkyl halides is 6. The van der Waals surface area contributed by atoms with Gasteiger partial charge in [0, 0.05) is 0 Å². The van der Waals surface area contributed by atoms with Crippen LogP contribution in [0.2, 0.25) is 0 Å². The maximum atomic E-state index is 12.7. The van der Waals surface area contributed by atoms with Crippen molar-refractivity contribution < 1.29 is 41.0 Å². The Bertz CT molecular complexity index is 518. The van der Waals surface area contributed by atoms with Crippen LogP contribution in [-0.2, 0) is 17.1 Å². The van der Waals surface area contributed by atoms with E-state index in [4.69, 9.17) is 5.11 Å². The molecule has 0 unspecified atom stereocenters. The number of phenols is 1. The standard InChI is InChI=1S/C11H8F6O3/c1-2-20-9(19)6-3-5(10(12,13)14)4-7(18)8(6)11(15,16)17/h3-4,18H,2H2,1H3. The summed E-state index contributed by atoms with van der Waals surface area (Å²) in [7, 11) is 0. The SMILES string of the molecule is CCOC(=O)c1cc(C(F)(F)F)cc(O)c1C(F)(F)F. The van der Waals surface area contributed by atoms with Gasteiger partial charge in [-0.1, -0.05) is 0 Å². The molecule has 0 aromatic heterocycles. The Morgan fingerprint density at radius 2 is 1.70 bits per heavy atom. The van der Waals surface area contributed by atoms with E-state index in [2.05, 4.69) is 4.74 Å². The molecular weight excluding hydrogens is 294 g/mol. The first kappa shape index (κ1) is 16.1. The number of hydrogen-bond donors (Lipinski definition) is 1. The van der Waals surface area contributed by atoms with E-state index in [0.29, 0.717) is 0 Å². The molecule has 0 radical (unpaired) electrons. The highest BCUT2D eigenvalue weighted by Crippen LogP contribution is 2.42. The van der Waals surface area contributed by atoms with Gasteiger partial charge in [-0.3, -0.25) is 0 Å². The molecule has 1 N–H and O–H groups in total. The summed E-state index contributed by atoms with van der Waals surface area (Å²) >= 11 is 0. The fourth-order valence-electron chi connectivity index (χ4n) is 1.46. The van der Waals surface area contributed by atoms with Crippen molar-refractivity contribution in [2.75, 3.05) is 6.61 Å². The lowest BCUT2D eigenvalue weighted by molar-refractivity contribution is -0.142. The van der Waals surface area contributed by atoms with Gasteiger partial charge in [0.2, 0.25) is 0 Å². The van der Waals surface area contributed by atoms with E-state index in [1.807, 2.05) is 0 Å². The molecule has 0 aliphatic heterocycles. The molecule has 0 aliphatic rings. The third kappa shape index (κ3) is 3.34. The van der Waals surface area contributed by atoms with Crippen molar-refractivity contribution >= 4 is 5.97 Å². The first-order valence-electron chi connectivity index (χ1n) is 5.17. The van der Waals surface area contributed by atoms with Crippen LogP contribution in [0.5, 0.6) is 5.75 Å². The predicted molar refractivity (Wildman–Crippen MR) is 54.1 cm³/mol. The average molecular weight is 302 g/mol. The molecule has 0 saturated heterocycles. The van der Waals surface area contributed by atoms with E-state index in [1.54, 1.807) is 0 Å². The average Bonchev–Trinajstić information content (AvgIpc) is 2.25. The maximum absolute atomic E-state index is 12.7. The van der Waals surface area contributed by atoms with Crippen molar-refractivity contribution in [2.24, 2.45) is 0 Å². The van der Waals surface area contributed by atoms with Crippen LogP contribution < -0.4 is 0 Å². The number of carbonyl (C=O) groups is 1. The Hall–Kier alpha value is -1.93. The molecular formula is C11H8F6O3. The fourth-order valence-corrected chi connectivity index (χ4v) is 1.46. The molecule has 112 valence electrons. The van der Waals surface area contributed by atoms with E-state index in [1.165, 1.54) is 6.92 Å². The molecule has 0 spiro atoms. The summed E-state index contributed by atoms with van der Waals surface area (Å²) < 4.78 is 79.8. The van der Waals surface area contributed by atoms with Crippen molar-refractivity contribution in [1.82, 2.24) is 0 Å². The van der Waals surface area contributed by atoms with Gasteiger partial charge in [0.05, 0.1) is 17.7 Å². The number of esters is 1. The summed E-state index contributed by atoms with van der Waals surface area (Å²) in [5.74, 6) is -3.28. The largest absolute Gasteiger partial charge is 0.507 e. The van der Waals surface area contributed by atoms with Crippen molar-refractivity contribution in [3.63, 3.8) is 0 Å². The lowest BCUT2D eigenvalue weighted by atomic mass is 10.0. The molecule has 0 amide bonds. The second-order valence-corrected chi connectivity index (χ2v) is 3.63. The minimum absolute atomic E-state index is 0.000532. The fraction of sp³-hybridized carbons (Fsp3) is 0.364. The molecule has 0 bridgehead atoms. The van der Waals surface area contributed by atoms with Crippen LogP contribution in [-0.4, -0.2) is 17.7 Å². The summed E-state index contributed by atoms with van der Waals surface area (Å²) in [6, 6.07) is -0.0912. The van der Waals surface area contributed by atoms with Crippen LogP contribution in [0.3, 0.4) is 0 Å². The predicted octanol–water partition coefficient (Wildman–Crippen LogP) is 3.61. The minimum Gasteiger partial charge on any atom is -0.507 e. The lowest BCUT2D eigenvalue weighted by Crippen LogP contribution is -2.18. The smallest absolute Gasteiger partial charge is 0.420 e. The molecule has 1 rings (SSSR count). The van der Waals surface area contributed by atoms with Gasteiger partial charge < -0.3 is 9.84 Å². The first-order valence-corrected chi connectivity index (χ1v) is 5.17. The third-order valence-electron chi connectivity index (χ3n) is 2.22. The van der Waals surface area contributed by atoms with Crippen LogP contribution >= 0.6 is 0 Å². The van der Waals surface area contributed by atoms with Crippen LogP contribution in [0.15, 0.2) is 12.1 Å². The minimum atomic E-state index is -5.20. The summed E-state index contributed by atoms with van der Waals surface area (Å²) in [6.45, 7) is 0.950. The molecule has 1 aromatic carbocycles. The molecule has 1 aromatic rings. The number of rotatable bonds is 2. The number of halogens is 6. The maximum Gasteiger partial charge on any atom is 0.420 e. The van der Waals surface area contributed by atoms with Crippen molar-refractivity contribution in [3.8, 4) is 5.75 Å². The van der Waals surface area contributed by atoms with Crippen molar-refractivity contribution in [3.05, 3.63) is 28.8 Å². The van der Waals surface area contributed by atoms with Gasteiger partial charge in [-0.25, -0.2) is 4.79 Å². The summed E-state index contributed by atoms with van der Waals surface area (Å²) in [5.41, 5.74) is -4.82. The zero-order chi connectivity index (χ0) is 15.7. The topological polar surface area (TPSA) is 46.5 Å². The second kappa shape index (κ2) is 5.22. The number of carbonyl (C=O) groups excluding carboxylic acids is 1. The van der Waals surface area contributed by atoms with Crippen LogP contribution in [0.25, 0.3) is 0 Å². The Balaban J connectivity index is 3.57. The molecule has 0 saturated carbocycles. The normalized spacial score (nSPS) is 12.3. The van der Waals surface area contributed by atoms with Gasteiger partial charge in [-0.15, -0.1) is 0 Å². The summed E-state index contributed by atoms with van der Waals surface area (Å²) in [5, 5.41) is 9.16. The van der Waals surface area contributed by atoms with Crippen molar-refractivity contribution in [2.45, 2.75) is 19.3 Å². The van der Waals surface area contributed by atoms with Crippen molar-refractivity contribution in [1.29, 1.82) is 0 Å². The highest BCUT2D eigenvalue weighted by molar-refractivity contribution is 5.92. The van der Waals surface area contributed by atoms with E-state index < -0.39 is 40.8 Å². The van der Waals surface area contributed by atoms with E-state index >= 15 is 0 Å². The Morgan fingerprint density at radius 1 is 1.15 bits per heavy atom. The monoisotopic (exact) mass is 302 g/mol. The number of hydrogen-bond acceptors (Lipinski definition) is 3. The lowest BCUT2D eigenvalue weighted by Gasteiger charge is -2.16. The zero-order valence-electron chi connectivity index (χ0n) is 9.89. The van der Waals surface area contributed by atoms with Crippen LogP contribution in [0.4, 0.5) is 26.3 Å². The van der Waals surface area contributed by atoms with Crippen LogP contribution in [0, 0.1) is 0 Å². The van der Waals surface area contributed by atoms with E-state index in [9.17, 15) is 31.1 Å². The van der Waals surface area contributed by atoms with Gasteiger partial charge in [0.25, 0.3) is 0 Å². The number of aromatic hydroxyl groups is 1. The van der Waals surface area contributed by atoms with E-state index in [-0.39, 0.29) is 18.7 Å². The summed E-state index contributed by atoms with van der Waals surface area (Å²) in [6.07, 6.45) is -10.2. The molecule has 9 heteroatoms. The zero-order valence-corrected chi connectivity index (χ0v) is 9.89. The molecule has 0 aliphatic carbocycles. The molecule has 0 fully saturated rings. The first-order chi connectivity index (χ1) is 8.98. The van der Waals surface area contributed by atoms with Gasteiger partial charge in [-0.05, 0) is 19.1 Å². The van der Waals surface area contributed by atoms with Gasteiger partial charge in [-0.2, -0.15) is 26.3 Å². The number of benzene rings is 1. The number of phenolic OH excluding ortho intramolecular Hbond substituents is 1. The molecule has 20 heavy (non-hydrogen) atoms. The quantitative estimate of drug-likeness (QED) is 0.670. The van der Waals surface area contributed by atoms with E-state index in [0.717, 1.165) is 0 Å². The Labute approximate surface area is 108 Å². The third-order valence-corrected chi connectivity index (χ3v) is 2.22. The highest BCUT2D eigenvalue weighted by atomic mass is 19.4. The van der Waals surface area contributed by atoms with Crippen LogP contribution in [0.1, 0.15) is 28.4 Å². The van der Waals surface area contributed by atoms with Gasteiger partial charge in [0.15, 0.2) is 0 Å². The molecule has 0 atom stereocenters. The number of ether oxygens (including phenoxy) is 1.